The molecule has 1 aromatic heterocycles. The number of amides is 1. The van der Waals surface area contributed by atoms with Crippen molar-refractivity contribution in [1.29, 1.82) is 0 Å². The van der Waals surface area contributed by atoms with Gasteiger partial charge in [0.15, 0.2) is 11.5 Å². The van der Waals surface area contributed by atoms with Crippen molar-refractivity contribution in [2.45, 2.75) is 25.9 Å². The number of carbonyl (C=O) groups is 1. The lowest BCUT2D eigenvalue weighted by atomic mass is 10.0. The van der Waals surface area contributed by atoms with E-state index >= 15 is 0 Å². The van der Waals surface area contributed by atoms with Gasteiger partial charge >= 0.3 is 0 Å². The molecule has 0 radical (unpaired) electrons. The van der Waals surface area contributed by atoms with Crippen molar-refractivity contribution >= 4 is 5.91 Å². The minimum atomic E-state index is -0.0423. The average Bonchev–Trinajstić information content (AvgIpc) is 3.24. The molecule has 1 aromatic carbocycles. The summed E-state index contributed by atoms with van der Waals surface area (Å²) in [5, 5.41) is 0. The van der Waals surface area contributed by atoms with Gasteiger partial charge in [-0.05, 0) is 25.1 Å². The quantitative estimate of drug-likeness (QED) is 0.846. The Morgan fingerprint density at radius 1 is 1.36 bits per heavy atom. The largest absolute Gasteiger partial charge is 0.454 e. The Morgan fingerprint density at radius 2 is 2.20 bits per heavy atom. The molecular formula is C18H21N3O4. The maximum atomic E-state index is 13.1. The van der Waals surface area contributed by atoms with Crippen LogP contribution in [-0.4, -0.2) is 46.4 Å². The number of aryl methyl sites for hydroxylation is 1. The van der Waals surface area contributed by atoms with Crippen LogP contribution in [0.25, 0.3) is 0 Å². The van der Waals surface area contributed by atoms with Gasteiger partial charge in [-0.1, -0.05) is 0 Å². The summed E-state index contributed by atoms with van der Waals surface area (Å²) >= 11 is 0. The fourth-order valence-corrected chi connectivity index (χ4v) is 3.36. The van der Waals surface area contributed by atoms with E-state index in [1.165, 1.54) is 5.69 Å². The SMILES string of the molecule is CCOC[C@@H]1Cc2c(ncn2C)CN1C(=O)c1ccc2c(c1)OCO2. The van der Waals surface area contributed by atoms with Gasteiger partial charge in [-0.3, -0.25) is 4.79 Å². The third-order valence-electron chi connectivity index (χ3n) is 4.73. The second kappa shape index (κ2) is 6.40. The Morgan fingerprint density at radius 3 is 3.04 bits per heavy atom. The zero-order valence-corrected chi connectivity index (χ0v) is 14.4. The number of nitrogens with zero attached hydrogens (tertiary/aromatic N) is 3. The van der Waals surface area contributed by atoms with Crippen LogP contribution in [0.2, 0.25) is 0 Å². The van der Waals surface area contributed by atoms with Gasteiger partial charge in [0.1, 0.15) is 0 Å². The van der Waals surface area contributed by atoms with E-state index in [9.17, 15) is 4.79 Å². The zero-order chi connectivity index (χ0) is 17.4. The van der Waals surface area contributed by atoms with Crippen LogP contribution in [0.1, 0.15) is 28.7 Å². The summed E-state index contributed by atoms with van der Waals surface area (Å²) in [5.74, 6) is 1.25. The lowest BCUT2D eigenvalue weighted by Crippen LogP contribution is -2.47. The van der Waals surface area contributed by atoms with Gasteiger partial charge < -0.3 is 23.7 Å². The number of benzene rings is 1. The first kappa shape index (κ1) is 16.0. The molecular weight excluding hydrogens is 322 g/mol. The minimum Gasteiger partial charge on any atom is -0.454 e. The number of fused-ring (bicyclic) bond motifs is 2. The Hall–Kier alpha value is -2.54. The molecule has 2 aliphatic heterocycles. The third kappa shape index (κ3) is 2.84. The van der Waals surface area contributed by atoms with Crippen molar-refractivity contribution in [2.75, 3.05) is 20.0 Å². The second-order valence-electron chi connectivity index (χ2n) is 6.27. The van der Waals surface area contributed by atoms with Crippen LogP contribution < -0.4 is 9.47 Å². The number of hydrogen-bond acceptors (Lipinski definition) is 5. The molecule has 4 rings (SSSR count). The van der Waals surface area contributed by atoms with E-state index in [2.05, 4.69) is 4.98 Å². The summed E-state index contributed by atoms with van der Waals surface area (Å²) < 4.78 is 18.4. The second-order valence-corrected chi connectivity index (χ2v) is 6.27. The lowest BCUT2D eigenvalue weighted by molar-refractivity contribution is 0.0387. The molecule has 7 heteroatoms. The summed E-state index contributed by atoms with van der Waals surface area (Å²) in [6.45, 7) is 3.78. The summed E-state index contributed by atoms with van der Waals surface area (Å²) in [4.78, 5) is 19.4. The summed E-state index contributed by atoms with van der Waals surface area (Å²) in [6, 6.07) is 5.29. The van der Waals surface area contributed by atoms with Crippen molar-refractivity contribution < 1.29 is 19.0 Å². The number of carbonyl (C=O) groups excluding carboxylic acids is 1. The summed E-state index contributed by atoms with van der Waals surface area (Å²) in [6.07, 6.45) is 2.54. The van der Waals surface area contributed by atoms with E-state index < -0.39 is 0 Å². The van der Waals surface area contributed by atoms with Crippen LogP contribution >= 0.6 is 0 Å². The normalized spacial score (nSPS) is 18.3. The van der Waals surface area contributed by atoms with Gasteiger partial charge in [-0.15, -0.1) is 0 Å². The monoisotopic (exact) mass is 343 g/mol. The van der Waals surface area contributed by atoms with Gasteiger partial charge in [0.05, 0.1) is 31.2 Å². The Balaban J connectivity index is 1.62. The summed E-state index contributed by atoms with van der Waals surface area (Å²) in [5.41, 5.74) is 2.70. The van der Waals surface area contributed by atoms with Crippen molar-refractivity contribution in [3.8, 4) is 11.5 Å². The molecule has 0 spiro atoms. The van der Waals surface area contributed by atoms with Gasteiger partial charge in [-0.25, -0.2) is 4.98 Å². The van der Waals surface area contributed by atoms with E-state index in [1.807, 2.05) is 23.4 Å². The maximum Gasteiger partial charge on any atom is 0.254 e. The standard InChI is InChI=1S/C18H21N3O4/c1-3-23-9-13-7-15-14(19-10-20(15)2)8-21(13)18(22)12-4-5-16-17(6-12)25-11-24-16/h4-6,10,13H,3,7-9,11H2,1-2H3/t13-/m0/s1. The molecule has 25 heavy (non-hydrogen) atoms. The van der Waals surface area contributed by atoms with Crippen LogP contribution in [0.4, 0.5) is 0 Å². The van der Waals surface area contributed by atoms with E-state index in [0.29, 0.717) is 36.8 Å². The summed E-state index contributed by atoms with van der Waals surface area (Å²) in [7, 11) is 1.99. The number of ether oxygens (including phenoxy) is 3. The first-order valence-electron chi connectivity index (χ1n) is 8.44. The molecule has 2 aliphatic rings. The van der Waals surface area contributed by atoms with E-state index in [4.69, 9.17) is 14.2 Å². The lowest BCUT2D eigenvalue weighted by Gasteiger charge is -2.35. The molecule has 0 saturated heterocycles. The molecule has 3 heterocycles. The molecule has 0 bridgehead atoms. The van der Waals surface area contributed by atoms with Crippen LogP contribution in [0.15, 0.2) is 24.5 Å². The highest BCUT2D eigenvalue weighted by atomic mass is 16.7. The predicted octanol–water partition coefficient (Wildman–Crippen LogP) is 1.75. The molecule has 1 amide bonds. The van der Waals surface area contributed by atoms with Crippen LogP contribution in [0.3, 0.4) is 0 Å². The molecule has 7 nitrogen and oxygen atoms in total. The zero-order valence-electron chi connectivity index (χ0n) is 14.4. The number of aromatic nitrogens is 2. The van der Waals surface area contributed by atoms with Crippen molar-refractivity contribution in [2.24, 2.45) is 7.05 Å². The molecule has 1 atom stereocenters. The van der Waals surface area contributed by atoms with E-state index in [1.54, 1.807) is 24.5 Å². The molecule has 0 saturated carbocycles. The van der Waals surface area contributed by atoms with E-state index in [0.717, 1.165) is 12.1 Å². The highest BCUT2D eigenvalue weighted by Gasteiger charge is 2.33. The predicted molar refractivity (Wildman–Crippen MR) is 89.6 cm³/mol. The minimum absolute atomic E-state index is 0.0132. The molecule has 2 aromatic rings. The van der Waals surface area contributed by atoms with Gasteiger partial charge in [0.25, 0.3) is 5.91 Å². The van der Waals surface area contributed by atoms with Crippen LogP contribution in [0, 0.1) is 0 Å². The van der Waals surface area contributed by atoms with E-state index in [-0.39, 0.29) is 18.7 Å². The van der Waals surface area contributed by atoms with Gasteiger partial charge in [0.2, 0.25) is 6.79 Å². The topological polar surface area (TPSA) is 65.8 Å². The number of hydrogen-bond donors (Lipinski definition) is 0. The van der Waals surface area contributed by atoms with Crippen molar-refractivity contribution in [1.82, 2.24) is 14.5 Å². The fraction of sp³-hybridized carbons (Fsp3) is 0.444. The third-order valence-corrected chi connectivity index (χ3v) is 4.73. The molecule has 0 unspecified atom stereocenters. The van der Waals surface area contributed by atoms with Crippen LogP contribution in [0.5, 0.6) is 11.5 Å². The smallest absolute Gasteiger partial charge is 0.254 e. The molecule has 0 aliphatic carbocycles. The van der Waals surface area contributed by atoms with Crippen LogP contribution in [-0.2, 0) is 24.8 Å². The highest BCUT2D eigenvalue weighted by molar-refractivity contribution is 5.95. The number of rotatable bonds is 4. The Bertz CT molecular complexity index is 802. The van der Waals surface area contributed by atoms with Crippen molar-refractivity contribution in [3.63, 3.8) is 0 Å². The highest BCUT2D eigenvalue weighted by Crippen LogP contribution is 2.33. The maximum absolute atomic E-state index is 13.1. The van der Waals surface area contributed by atoms with Gasteiger partial charge in [-0.2, -0.15) is 0 Å². The van der Waals surface area contributed by atoms with Gasteiger partial charge in [0, 0.05) is 31.3 Å². The number of imidazole rings is 1. The Labute approximate surface area is 146 Å². The first-order chi connectivity index (χ1) is 12.2. The molecule has 132 valence electrons. The van der Waals surface area contributed by atoms with Crippen molar-refractivity contribution in [3.05, 3.63) is 41.5 Å². The Kier molecular flexibility index (Phi) is 4.09. The molecule has 0 N–H and O–H groups in total. The first-order valence-corrected chi connectivity index (χ1v) is 8.44. The fourth-order valence-electron chi connectivity index (χ4n) is 3.36. The average molecular weight is 343 g/mol. The molecule has 0 fully saturated rings.